The molecular weight excluding hydrogens is 392 g/mol. The van der Waals surface area contributed by atoms with Crippen molar-refractivity contribution in [3.05, 3.63) is 47.5 Å². The van der Waals surface area contributed by atoms with Crippen LogP contribution in [0.5, 0.6) is 11.5 Å². The molecule has 1 heterocycles. The lowest BCUT2D eigenvalue weighted by Crippen LogP contribution is -2.35. The van der Waals surface area contributed by atoms with Crippen molar-refractivity contribution in [3.8, 4) is 11.5 Å². The number of sulfonamides is 1. The molecule has 0 unspecified atom stereocenters. The normalized spacial score (nSPS) is 13.8. The molecule has 0 spiro atoms. The number of para-hydroxylation sites is 1. The molecule has 0 aliphatic carbocycles. The van der Waals surface area contributed by atoms with Crippen molar-refractivity contribution >= 4 is 21.6 Å². The van der Waals surface area contributed by atoms with Crippen LogP contribution in [0.2, 0.25) is 0 Å². The topological polar surface area (TPSA) is 84.9 Å². The van der Waals surface area contributed by atoms with Crippen molar-refractivity contribution < 1.29 is 22.7 Å². The van der Waals surface area contributed by atoms with Crippen LogP contribution in [0.15, 0.2) is 41.3 Å². The number of benzene rings is 2. The van der Waals surface area contributed by atoms with E-state index >= 15 is 0 Å². The van der Waals surface area contributed by atoms with E-state index in [0.717, 1.165) is 34.0 Å². The second-order valence-corrected chi connectivity index (χ2v) is 8.98. The number of rotatable bonds is 6. The Bertz CT molecular complexity index is 1000. The van der Waals surface area contributed by atoms with Crippen molar-refractivity contribution in [3.63, 3.8) is 0 Å². The molecule has 7 nitrogen and oxygen atoms in total. The Labute approximate surface area is 171 Å². The number of hydrogen-bond donors (Lipinski definition) is 1. The van der Waals surface area contributed by atoms with Crippen molar-refractivity contribution in [2.24, 2.45) is 0 Å². The van der Waals surface area contributed by atoms with Gasteiger partial charge in [0.1, 0.15) is 0 Å². The van der Waals surface area contributed by atoms with Crippen LogP contribution in [0.25, 0.3) is 0 Å². The molecule has 0 atom stereocenters. The van der Waals surface area contributed by atoms with E-state index in [2.05, 4.69) is 5.32 Å². The summed E-state index contributed by atoms with van der Waals surface area (Å²) in [5.41, 5.74) is 2.68. The second-order valence-electron chi connectivity index (χ2n) is 6.93. The molecular formula is C21H26N2O5S. The van der Waals surface area contributed by atoms with Gasteiger partial charge >= 0.3 is 0 Å². The summed E-state index contributed by atoms with van der Waals surface area (Å²) in [5.74, 6) is 0.525. The molecule has 0 saturated carbocycles. The summed E-state index contributed by atoms with van der Waals surface area (Å²) in [6.45, 7) is 4.61. The molecule has 2 aromatic carbocycles. The van der Waals surface area contributed by atoms with Crippen LogP contribution in [-0.4, -0.2) is 45.4 Å². The zero-order valence-corrected chi connectivity index (χ0v) is 17.7. The van der Waals surface area contributed by atoms with E-state index in [1.807, 2.05) is 32.0 Å². The predicted molar refractivity (Wildman–Crippen MR) is 111 cm³/mol. The summed E-state index contributed by atoms with van der Waals surface area (Å²) in [6, 6.07) is 10.3. The van der Waals surface area contributed by atoms with Gasteiger partial charge in [-0.25, -0.2) is 8.42 Å². The maximum atomic E-state index is 12.9. The molecule has 0 fully saturated rings. The van der Waals surface area contributed by atoms with E-state index < -0.39 is 15.9 Å². The standard InChI is InChI=1S/C21H26N2O5S/c1-4-16-8-5-7-15(2)21(16)22-20(24)14-23(3)29(25,26)17-9-10-18-19(13-17)28-12-6-11-27-18/h5,7-10,13H,4,6,11-12,14H2,1-3H3,(H,22,24). The number of nitrogens with one attached hydrogen (secondary N) is 1. The number of hydrogen-bond acceptors (Lipinski definition) is 5. The van der Waals surface area contributed by atoms with Gasteiger partial charge in [-0.3, -0.25) is 4.79 Å². The summed E-state index contributed by atoms with van der Waals surface area (Å²) in [6.07, 6.45) is 1.50. The lowest BCUT2D eigenvalue weighted by Gasteiger charge is -2.19. The van der Waals surface area contributed by atoms with Gasteiger partial charge in [0.15, 0.2) is 11.5 Å². The van der Waals surface area contributed by atoms with E-state index in [1.165, 1.54) is 19.2 Å². The van der Waals surface area contributed by atoms with E-state index in [-0.39, 0.29) is 11.4 Å². The number of aryl methyl sites for hydroxylation is 2. The van der Waals surface area contributed by atoms with Crippen LogP contribution >= 0.6 is 0 Å². The number of likely N-dealkylation sites (N-methyl/N-ethyl adjacent to an activating group) is 1. The van der Waals surface area contributed by atoms with Gasteiger partial charge in [-0.1, -0.05) is 25.1 Å². The summed E-state index contributed by atoms with van der Waals surface area (Å²) in [7, 11) is -2.48. The van der Waals surface area contributed by atoms with Crippen LogP contribution in [0, 0.1) is 6.92 Å². The Kier molecular flexibility index (Phi) is 6.44. The molecule has 1 N–H and O–H groups in total. The maximum absolute atomic E-state index is 12.9. The zero-order chi connectivity index (χ0) is 21.0. The highest BCUT2D eigenvalue weighted by Crippen LogP contribution is 2.32. The Balaban J connectivity index is 1.75. The van der Waals surface area contributed by atoms with Crippen LogP contribution in [-0.2, 0) is 21.2 Å². The number of amides is 1. The van der Waals surface area contributed by atoms with Gasteiger partial charge in [0.2, 0.25) is 15.9 Å². The first-order valence-electron chi connectivity index (χ1n) is 9.57. The van der Waals surface area contributed by atoms with E-state index in [0.29, 0.717) is 24.7 Å². The monoisotopic (exact) mass is 418 g/mol. The first-order chi connectivity index (χ1) is 13.8. The molecule has 1 amide bonds. The second kappa shape index (κ2) is 8.84. The van der Waals surface area contributed by atoms with Gasteiger partial charge in [-0.15, -0.1) is 0 Å². The number of ether oxygens (including phenoxy) is 2. The highest BCUT2D eigenvalue weighted by atomic mass is 32.2. The van der Waals surface area contributed by atoms with Crippen molar-refractivity contribution in [1.82, 2.24) is 4.31 Å². The largest absolute Gasteiger partial charge is 0.490 e. The minimum absolute atomic E-state index is 0.0576. The third-order valence-electron chi connectivity index (χ3n) is 4.80. The van der Waals surface area contributed by atoms with Gasteiger partial charge in [-0.05, 0) is 36.6 Å². The quantitative estimate of drug-likeness (QED) is 0.780. The van der Waals surface area contributed by atoms with E-state index in [4.69, 9.17) is 9.47 Å². The number of carbonyl (C=O) groups is 1. The first-order valence-corrected chi connectivity index (χ1v) is 11.0. The number of carbonyl (C=O) groups excluding carboxylic acids is 1. The Morgan fingerprint density at radius 2 is 1.86 bits per heavy atom. The molecule has 29 heavy (non-hydrogen) atoms. The number of anilines is 1. The van der Waals surface area contributed by atoms with Crippen LogP contribution in [0.1, 0.15) is 24.5 Å². The molecule has 8 heteroatoms. The smallest absolute Gasteiger partial charge is 0.243 e. The molecule has 2 aromatic rings. The average Bonchev–Trinajstić information content (AvgIpc) is 2.94. The van der Waals surface area contributed by atoms with Gasteiger partial charge < -0.3 is 14.8 Å². The van der Waals surface area contributed by atoms with Crippen molar-refractivity contribution in [2.45, 2.75) is 31.6 Å². The van der Waals surface area contributed by atoms with E-state index in [9.17, 15) is 13.2 Å². The minimum atomic E-state index is -3.86. The Morgan fingerprint density at radius 1 is 1.14 bits per heavy atom. The van der Waals surface area contributed by atoms with Crippen LogP contribution < -0.4 is 14.8 Å². The average molecular weight is 419 g/mol. The predicted octanol–water partition coefficient (Wildman–Crippen LogP) is 2.98. The SMILES string of the molecule is CCc1cccc(C)c1NC(=O)CN(C)S(=O)(=O)c1ccc2c(c1)OCCCO2. The fourth-order valence-electron chi connectivity index (χ4n) is 3.15. The lowest BCUT2D eigenvalue weighted by atomic mass is 10.1. The summed E-state index contributed by atoms with van der Waals surface area (Å²) < 4.78 is 38.0. The molecule has 1 aliphatic heterocycles. The first kappa shape index (κ1) is 21.1. The van der Waals surface area contributed by atoms with Gasteiger partial charge in [-0.2, -0.15) is 4.31 Å². The summed E-state index contributed by atoms with van der Waals surface area (Å²) >= 11 is 0. The fourth-order valence-corrected chi connectivity index (χ4v) is 4.30. The molecule has 0 radical (unpaired) electrons. The van der Waals surface area contributed by atoms with Gasteiger partial charge in [0.05, 0.1) is 24.7 Å². The lowest BCUT2D eigenvalue weighted by molar-refractivity contribution is -0.116. The van der Waals surface area contributed by atoms with E-state index in [1.54, 1.807) is 6.07 Å². The molecule has 0 aromatic heterocycles. The number of nitrogens with zero attached hydrogens (tertiary/aromatic N) is 1. The molecule has 156 valence electrons. The maximum Gasteiger partial charge on any atom is 0.243 e. The minimum Gasteiger partial charge on any atom is -0.490 e. The zero-order valence-electron chi connectivity index (χ0n) is 16.9. The van der Waals surface area contributed by atoms with Crippen LogP contribution in [0.4, 0.5) is 5.69 Å². The highest BCUT2D eigenvalue weighted by Gasteiger charge is 2.25. The third-order valence-corrected chi connectivity index (χ3v) is 6.60. The van der Waals surface area contributed by atoms with Crippen molar-refractivity contribution in [2.75, 3.05) is 32.1 Å². The fraction of sp³-hybridized carbons (Fsp3) is 0.381. The molecule has 0 bridgehead atoms. The van der Waals surface area contributed by atoms with Crippen molar-refractivity contribution in [1.29, 1.82) is 0 Å². The Morgan fingerprint density at radius 3 is 2.59 bits per heavy atom. The van der Waals surface area contributed by atoms with Gasteiger partial charge in [0.25, 0.3) is 0 Å². The molecule has 1 aliphatic rings. The number of fused-ring (bicyclic) bond motifs is 1. The van der Waals surface area contributed by atoms with Crippen LogP contribution in [0.3, 0.4) is 0 Å². The summed E-state index contributed by atoms with van der Waals surface area (Å²) in [4.78, 5) is 12.6. The molecule has 3 rings (SSSR count). The summed E-state index contributed by atoms with van der Waals surface area (Å²) in [5, 5.41) is 2.85. The third kappa shape index (κ3) is 4.71. The van der Waals surface area contributed by atoms with Gasteiger partial charge in [0, 0.05) is 25.2 Å². The Hall–Kier alpha value is -2.58. The highest BCUT2D eigenvalue weighted by molar-refractivity contribution is 7.89. The molecule has 0 saturated heterocycles.